The summed E-state index contributed by atoms with van der Waals surface area (Å²) >= 11 is 0. The molecule has 84 valence electrons. The van der Waals surface area contributed by atoms with Gasteiger partial charge in [0.1, 0.15) is 7.14 Å². The maximum Gasteiger partial charge on any atom is 0.123 e. The summed E-state index contributed by atoms with van der Waals surface area (Å²) < 4.78 is 13.1. The van der Waals surface area contributed by atoms with Gasteiger partial charge in [-0.3, -0.25) is 0 Å². The number of rotatable bonds is 2. The summed E-state index contributed by atoms with van der Waals surface area (Å²) in [4.78, 5) is 0. The van der Waals surface area contributed by atoms with Crippen LogP contribution in [0.5, 0.6) is 0 Å². The van der Waals surface area contributed by atoms with E-state index in [2.05, 4.69) is 34.6 Å². The molecule has 0 aromatic heterocycles. The smallest absolute Gasteiger partial charge is 0.123 e. The van der Waals surface area contributed by atoms with Crippen LogP contribution in [0.15, 0.2) is 30.3 Å². The number of benzene rings is 1. The van der Waals surface area contributed by atoms with E-state index in [0.717, 1.165) is 5.30 Å². The molecule has 1 atom stereocenters. The fraction of sp³-hybridized carbons (Fsp3) is 0.538. The Balaban J connectivity index is 3.33. The lowest BCUT2D eigenvalue weighted by atomic mass is 10.3. The lowest BCUT2D eigenvalue weighted by Crippen LogP contribution is -2.28. The standard InChI is InChI=1S/C13H21OP/c1-11(2)15(14,13(3,4)5)12-9-7-6-8-10-12/h6-11H,1-5H3. The molecule has 0 fully saturated rings. The van der Waals surface area contributed by atoms with Crippen LogP contribution in [0, 0.1) is 0 Å². The Labute approximate surface area is 93.3 Å². The molecule has 1 rings (SSSR count). The van der Waals surface area contributed by atoms with E-state index < -0.39 is 7.14 Å². The molecular weight excluding hydrogens is 203 g/mol. The van der Waals surface area contributed by atoms with Crippen LogP contribution in [0.1, 0.15) is 34.6 Å². The minimum Gasteiger partial charge on any atom is -0.318 e. The Bertz CT molecular complexity index is 360. The second kappa shape index (κ2) is 4.14. The van der Waals surface area contributed by atoms with Crippen LogP contribution in [0.25, 0.3) is 0 Å². The van der Waals surface area contributed by atoms with Crippen molar-refractivity contribution in [2.75, 3.05) is 0 Å². The molecule has 0 saturated carbocycles. The third-order valence-electron chi connectivity index (χ3n) is 2.86. The topological polar surface area (TPSA) is 17.1 Å². The molecule has 0 bridgehead atoms. The Morgan fingerprint density at radius 3 is 1.87 bits per heavy atom. The van der Waals surface area contributed by atoms with Gasteiger partial charge in [-0.15, -0.1) is 0 Å². The summed E-state index contributed by atoms with van der Waals surface area (Å²) in [7, 11) is -2.33. The molecule has 0 saturated heterocycles. The average Bonchev–Trinajstić information content (AvgIpc) is 2.16. The van der Waals surface area contributed by atoms with Crippen molar-refractivity contribution < 1.29 is 4.57 Å². The van der Waals surface area contributed by atoms with Gasteiger partial charge in [0.25, 0.3) is 0 Å². The maximum atomic E-state index is 13.1. The molecule has 0 radical (unpaired) electrons. The first kappa shape index (κ1) is 12.5. The fourth-order valence-electron chi connectivity index (χ4n) is 2.11. The van der Waals surface area contributed by atoms with E-state index in [4.69, 9.17) is 0 Å². The molecule has 0 aliphatic heterocycles. The summed E-state index contributed by atoms with van der Waals surface area (Å²) in [5, 5.41) is 0.843. The van der Waals surface area contributed by atoms with E-state index in [1.54, 1.807) is 0 Å². The average molecular weight is 224 g/mol. The SMILES string of the molecule is CC(C)P(=O)(c1ccccc1)C(C)(C)C. The molecule has 1 unspecified atom stereocenters. The fourth-order valence-corrected chi connectivity index (χ4v) is 5.64. The predicted octanol–water partition coefficient (Wildman–Crippen LogP) is 3.88. The summed E-state index contributed by atoms with van der Waals surface area (Å²) in [6.07, 6.45) is 0. The van der Waals surface area contributed by atoms with Crippen molar-refractivity contribution in [3.63, 3.8) is 0 Å². The first-order chi connectivity index (χ1) is 6.80. The van der Waals surface area contributed by atoms with Gasteiger partial charge in [0.15, 0.2) is 0 Å². The Morgan fingerprint density at radius 2 is 1.53 bits per heavy atom. The zero-order valence-corrected chi connectivity index (χ0v) is 11.2. The van der Waals surface area contributed by atoms with Gasteiger partial charge in [0, 0.05) is 16.1 Å². The van der Waals surface area contributed by atoms with Crippen LogP contribution >= 0.6 is 7.14 Å². The zero-order valence-electron chi connectivity index (χ0n) is 10.3. The normalized spacial score (nSPS) is 16.4. The zero-order chi connectivity index (χ0) is 11.7. The van der Waals surface area contributed by atoms with Gasteiger partial charge in [-0.2, -0.15) is 0 Å². The molecule has 1 aromatic rings. The van der Waals surface area contributed by atoms with Crippen molar-refractivity contribution in [2.24, 2.45) is 0 Å². The van der Waals surface area contributed by atoms with Crippen molar-refractivity contribution in [3.05, 3.63) is 30.3 Å². The van der Waals surface area contributed by atoms with Gasteiger partial charge < -0.3 is 4.57 Å². The summed E-state index contributed by atoms with van der Waals surface area (Å²) in [5.41, 5.74) is 0.194. The molecule has 0 spiro atoms. The summed E-state index contributed by atoms with van der Waals surface area (Å²) in [6, 6.07) is 9.89. The quantitative estimate of drug-likeness (QED) is 0.697. The molecule has 2 heteroatoms. The summed E-state index contributed by atoms with van der Waals surface area (Å²) in [5.74, 6) is 0. The lowest BCUT2D eigenvalue weighted by Gasteiger charge is -2.34. The lowest BCUT2D eigenvalue weighted by molar-refractivity contribution is 0.549. The second-order valence-corrected chi connectivity index (χ2v) is 9.46. The molecular formula is C13H21OP. The third kappa shape index (κ3) is 2.18. The van der Waals surface area contributed by atoms with Crippen LogP contribution in [-0.4, -0.2) is 10.8 Å². The van der Waals surface area contributed by atoms with Crippen LogP contribution in [-0.2, 0) is 4.57 Å². The molecule has 1 aromatic carbocycles. The molecule has 15 heavy (non-hydrogen) atoms. The highest BCUT2D eigenvalue weighted by Crippen LogP contribution is 2.60. The van der Waals surface area contributed by atoms with Gasteiger partial charge in [-0.1, -0.05) is 65.0 Å². The van der Waals surface area contributed by atoms with Crippen LogP contribution in [0.4, 0.5) is 0 Å². The predicted molar refractivity (Wildman–Crippen MR) is 68.6 cm³/mol. The Kier molecular flexibility index (Phi) is 3.45. The molecule has 1 nitrogen and oxygen atoms in total. The van der Waals surface area contributed by atoms with E-state index >= 15 is 0 Å². The highest BCUT2D eigenvalue weighted by Gasteiger charge is 2.40. The third-order valence-corrected chi connectivity index (χ3v) is 7.38. The monoisotopic (exact) mass is 224 g/mol. The van der Waals surface area contributed by atoms with E-state index in [0.29, 0.717) is 0 Å². The van der Waals surface area contributed by atoms with Crippen molar-refractivity contribution >= 4 is 12.4 Å². The molecule has 0 aliphatic carbocycles. The summed E-state index contributed by atoms with van der Waals surface area (Å²) in [6.45, 7) is 10.3. The number of hydrogen-bond donors (Lipinski definition) is 0. The number of hydrogen-bond acceptors (Lipinski definition) is 1. The first-order valence-corrected chi connectivity index (χ1v) is 7.23. The van der Waals surface area contributed by atoms with Crippen molar-refractivity contribution in [3.8, 4) is 0 Å². The minimum absolute atomic E-state index is 0.164. The van der Waals surface area contributed by atoms with Gasteiger partial charge in [-0.25, -0.2) is 0 Å². The van der Waals surface area contributed by atoms with Crippen molar-refractivity contribution in [1.29, 1.82) is 0 Å². The van der Waals surface area contributed by atoms with Gasteiger partial charge >= 0.3 is 0 Å². The first-order valence-electron chi connectivity index (χ1n) is 5.45. The van der Waals surface area contributed by atoms with Gasteiger partial charge in [0.05, 0.1) is 0 Å². The molecule has 0 N–H and O–H groups in total. The highest BCUT2D eigenvalue weighted by molar-refractivity contribution is 7.73. The molecule has 0 amide bonds. The maximum absolute atomic E-state index is 13.1. The van der Waals surface area contributed by atoms with Crippen LogP contribution in [0.2, 0.25) is 0 Å². The molecule has 0 heterocycles. The second-order valence-electron chi connectivity index (χ2n) is 5.26. The van der Waals surface area contributed by atoms with Crippen molar-refractivity contribution in [1.82, 2.24) is 0 Å². The largest absolute Gasteiger partial charge is 0.318 e. The van der Waals surface area contributed by atoms with E-state index in [-0.39, 0.29) is 10.8 Å². The Morgan fingerprint density at radius 1 is 1.07 bits per heavy atom. The van der Waals surface area contributed by atoms with Crippen LogP contribution in [0.3, 0.4) is 0 Å². The molecule has 0 aliphatic rings. The van der Waals surface area contributed by atoms with E-state index in [9.17, 15) is 4.57 Å². The van der Waals surface area contributed by atoms with E-state index in [1.807, 2.05) is 30.3 Å². The van der Waals surface area contributed by atoms with Crippen molar-refractivity contribution in [2.45, 2.75) is 45.4 Å². The minimum atomic E-state index is -2.33. The Hall–Kier alpha value is -0.550. The highest BCUT2D eigenvalue weighted by atomic mass is 31.2. The van der Waals surface area contributed by atoms with Crippen LogP contribution < -0.4 is 5.30 Å². The van der Waals surface area contributed by atoms with E-state index in [1.165, 1.54) is 0 Å². The van der Waals surface area contributed by atoms with Gasteiger partial charge in [-0.05, 0) is 0 Å². The van der Waals surface area contributed by atoms with Gasteiger partial charge in [0.2, 0.25) is 0 Å².